The first-order chi connectivity index (χ1) is 14.5. The molecule has 31 heavy (non-hydrogen) atoms. The lowest BCUT2D eigenvalue weighted by Crippen LogP contribution is -2.12. The van der Waals surface area contributed by atoms with Crippen LogP contribution in [-0.4, -0.2) is 30.8 Å². The van der Waals surface area contributed by atoms with Gasteiger partial charge in [0.05, 0.1) is 10.2 Å². The molecule has 0 aliphatic heterocycles. The van der Waals surface area contributed by atoms with Crippen LogP contribution < -0.4 is 5.32 Å². The summed E-state index contributed by atoms with van der Waals surface area (Å²) in [4.78, 5) is 22.5. The van der Waals surface area contributed by atoms with E-state index in [9.17, 15) is 23.3 Å². The van der Waals surface area contributed by atoms with E-state index < -0.39 is 14.8 Å². The Balaban J connectivity index is 0.000000423. The summed E-state index contributed by atoms with van der Waals surface area (Å²) in [5.41, 5.74) is 2.19. The van der Waals surface area contributed by atoms with Crippen molar-refractivity contribution in [3.63, 3.8) is 0 Å². The summed E-state index contributed by atoms with van der Waals surface area (Å²) >= 11 is 0. The van der Waals surface area contributed by atoms with Gasteiger partial charge in [-0.3, -0.25) is 14.9 Å². The first-order valence-corrected chi connectivity index (χ1v) is 12.3. The van der Waals surface area contributed by atoms with E-state index in [4.69, 9.17) is 0 Å². The zero-order chi connectivity index (χ0) is 23.2. The molecule has 7 nitrogen and oxygen atoms in total. The maximum atomic E-state index is 12.2. The number of amides is 1. The molecule has 0 saturated heterocycles. The van der Waals surface area contributed by atoms with Crippen molar-refractivity contribution in [1.29, 1.82) is 0 Å². The highest BCUT2D eigenvalue weighted by Crippen LogP contribution is 2.39. The maximum Gasteiger partial charge on any atom is 0.270 e. The van der Waals surface area contributed by atoms with E-state index in [0.29, 0.717) is 17.5 Å². The quantitative estimate of drug-likeness (QED) is 0.502. The van der Waals surface area contributed by atoms with E-state index in [2.05, 4.69) is 24.4 Å². The molecule has 0 radical (unpaired) electrons. The first-order valence-electron chi connectivity index (χ1n) is 10.3. The van der Waals surface area contributed by atoms with Crippen LogP contribution >= 0.6 is 0 Å². The topological polar surface area (TPSA) is 106 Å². The van der Waals surface area contributed by atoms with Gasteiger partial charge in [-0.2, -0.15) is 0 Å². The molecule has 1 aliphatic carbocycles. The summed E-state index contributed by atoms with van der Waals surface area (Å²) < 4.78 is 20.7. The van der Waals surface area contributed by atoms with Crippen molar-refractivity contribution in [1.82, 2.24) is 0 Å². The van der Waals surface area contributed by atoms with Gasteiger partial charge in [-0.15, -0.1) is 0 Å². The Hall–Kier alpha value is -2.74. The van der Waals surface area contributed by atoms with Crippen LogP contribution in [0.3, 0.4) is 0 Å². The standard InChI is InChI=1S/C19H20N2O3.C4H10O2S/c1-13-4-2-7-18(13)14-8-10-16(11-9-14)20-19(22)15-5-3-6-17(12-15)21(23)24;1-4(2)7(3,5)6/h3,5-6,8-13,18H,2,4,7H2,1H3,(H,20,22);4H,1-3H3. The molecular weight excluding hydrogens is 416 g/mol. The molecule has 1 aliphatic rings. The lowest BCUT2D eigenvalue weighted by Gasteiger charge is -2.16. The number of non-ortho nitro benzene ring substituents is 1. The lowest BCUT2D eigenvalue weighted by molar-refractivity contribution is -0.384. The number of carbonyl (C=O) groups excluding carboxylic acids is 1. The minimum atomic E-state index is -2.74. The number of nitro benzene ring substituents is 1. The number of benzene rings is 2. The number of rotatable bonds is 5. The molecule has 8 heteroatoms. The average molecular weight is 447 g/mol. The van der Waals surface area contributed by atoms with Crippen molar-refractivity contribution in [2.45, 2.75) is 51.2 Å². The van der Waals surface area contributed by atoms with E-state index in [1.54, 1.807) is 19.9 Å². The summed E-state index contributed by atoms with van der Waals surface area (Å²) in [5, 5.41) is 13.4. The number of anilines is 1. The summed E-state index contributed by atoms with van der Waals surface area (Å²) in [6, 6.07) is 13.7. The second-order valence-electron chi connectivity index (χ2n) is 8.28. The van der Waals surface area contributed by atoms with E-state index >= 15 is 0 Å². The Bertz CT molecular complexity index is 1020. The van der Waals surface area contributed by atoms with Crippen LogP contribution in [0.4, 0.5) is 11.4 Å². The molecule has 0 heterocycles. The highest BCUT2D eigenvalue weighted by molar-refractivity contribution is 7.91. The second-order valence-corrected chi connectivity index (χ2v) is 10.9. The van der Waals surface area contributed by atoms with Crippen LogP contribution in [0.15, 0.2) is 48.5 Å². The second kappa shape index (κ2) is 10.5. The van der Waals surface area contributed by atoms with Crippen molar-refractivity contribution in [2.75, 3.05) is 11.6 Å². The predicted molar refractivity (Wildman–Crippen MR) is 123 cm³/mol. The summed E-state index contributed by atoms with van der Waals surface area (Å²) in [6.07, 6.45) is 5.01. The van der Waals surface area contributed by atoms with Crippen LogP contribution in [0.1, 0.15) is 61.9 Å². The fourth-order valence-corrected chi connectivity index (χ4v) is 3.42. The lowest BCUT2D eigenvalue weighted by atomic mass is 9.90. The van der Waals surface area contributed by atoms with Gasteiger partial charge in [-0.1, -0.05) is 38.0 Å². The molecule has 2 aromatic carbocycles. The largest absolute Gasteiger partial charge is 0.322 e. The normalized spacial score (nSPS) is 18.2. The number of sulfone groups is 1. The molecule has 3 rings (SSSR count). The number of hydrogen-bond acceptors (Lipinski definition) is 5. The third-order valence-corrected chi connectivity index (χ3v) is 7.35. The Kier molecular flexibility index (Phi) is 8.33. The summed E-state index contributed by atoms with van der Waals surface area (Å²) in [5.74, 6) is 0.961. The van der Waals surface area contributed by atoms with Crippen molar-refractivity contribution >= 4 is 27.1 Å². The van der Waals surface area contributed by atoms with Gasteiger partial charge in [0, 0.05) is 29.6 Å². The fraction of sp³-hybridized carbons (Fsp3) is 0.435. The number of nitrogens with zero attached hydrogens (tertiary/aromatic N) is 1. The minimum absolute atomic E-state index is 0.0896. The molecule has 0 spiro atoms. The Morgan fingerprint density at radius 2 is 1.74 bits per heavy atom. The van der Waals surface area contributed by atoms with Gasteiger partial charge in [-0.05, 0) is 55.9 Å². The molecule has 0 bridgehead atoms. The van der Waals surface area contributed by atoms with Crippen molar-refractivity contribution in [3.05, 3.63) is 69.8 Å². The Labute approximate surface area is 183 Å². The molecule has 1 fully saturated rings. The van der Waals surface area contributed by atoms with Crippen molar-refractivity contribution in [3.8, 4) is 0 Å². The van der Waals surface area contributed by atoms with Gasteiger partial charge in [0.1, 0.15) is 9.84 Å². The third-order valence-electron chi connectivity index (χ3n) is 5.63. The zero-order valence-corrected chi connectivity index (χ0v) is 19.2. The van der Waals surface area contributed by atoms with Crippen molar-refractivity contribution < 1.29 is 18.1 Å². The minimum Gasteiger partial charge on any atom is -0.322 e. The SMILES string of the molecule is CC(C)S(C)(=O)=O.CC1CCCC1c1ccc(NC(=O)c2cccc([N+](=O)[O-])c2)cc1. The van der Waals surface area contributed by atoms with Gasteiger partial charge >= 0.3 is 0 Å². The molecule has 2 atom stereocenters. The monoisotopic (exact) mass is 446 g/mol. The summed E-state index contributed by atoms with van der Waals surface area (Å²) in [7, 11) is -2.74. The number of nitro groups is 1. The van der Waals surface area contributed by atoms with Crippen LogP contribution in [0, 0.1) is 16.0 Å². The molecule has 0 aromatic heterocycles. The van der Waals surface area contributed by atoms with Gasteiger partial charge in [0.15, 0.2) is 0 Å². The van der Waals surface area contributed by atoms with Crippen LogP contribution in [-0.2, 0) is 9.84 Å². The van der Waals surface area contributed by atoms with Crippen LogP contribution in [0.25, 0.3) is 0 Å². The molecule has 168 valence electrons. The molecule has 2 unspecified atom stereocenters. The van der Waals surface area contributed by atoms with Crippen molar-refractivity contribution in [2.24, 2.45) is 5.92 Å². The molecular formula is C23H30N2O5S. The van der Waals surface area contributed by atoms with Gasteiger partial charge in [0.2, 0.25) is 0 Å². The molecule has 1 amide bonds. The highest BCUT2D eigenvalue weighted by atomic mass is 32.2. The van der Waals surface area contributed by atoms with Gasteiger partial charge in [-0.25, -0.2) is 8.42 Å². The highest BCUT2D eigenvalue weighted by Gasteiger charge is 2.24. The Morgan fingerprint density at radius 3 is 2.23 bits per heavy atom. The number of hydrogen-bond donors (Lipinski definition) is 1. The molecule has 2 aromatic rings. The smallest absolute Gasteiger partial charge is 0.270 e. The Morgan fingerprint density at radius 1 is 1.13 bits per heavy atom. The van der Waals surface area contributed by atoms with Gasteiger partial charge < -0.3 is 5.32 Å². The zero-order valence-electron chi connectivity index (χ0n) is 18.4. The van der Waals surface area contributed by atoms with E-state index in [-0.39, 0.29) is 22.4 Å². The average Bonchev–Trinajstić information content (AvgIpc) is 3.14. The van der Waals surface area contributed by atoms with E-state index in [0.717, 1.165) is 0 Å². The maximum absolute atomic E-state index is 12.2. The molecule has 1 saturated carbocycles. The molecule has 1 N–H and O–H groups in total. The fourth-order valence-electron chi connectivity index (χ4n) is 3.42. The van der Waals surface area contributed by atoms with Gasteiger partial charge in [0.25, 0.3) is 11.6 Å². The van der Waals surface area contributed by atoms with Crippen LogP contribution in [0.5, 0.6) is 0 Å². The third kappa shape index (κ3) is 7.17. The van der Waals surface area contributed by atoms with E-state index in [1.807, 2.05) is 12.1 Å². The number of nitrogens with one attached hydrogen (secondary N) is 1. The van der Waals surface area contributed by atoms with E-state index in [1.165, 1.54) is 49.3 Å². The summed E-state index contributed by atoms with van der Waals surface area (Å²) in [6.45, 7) is 5.61. The predicted octanol–water partition coefficient (Wildman–Crippen LogP) is 5.19. The first kappa shape index (κ1) is 24.5. The number of carbonyl (C=O) groups is 1. The van der Waals surface area contributed by atoms with Crippen LogP contribution in [0.2, 0.25) is 0 Å².